The fraction of sp³-hybridized carbons (Fsp3) is 0.632. The number of nitrogens with zero attached hydrogens (tertiary/aromatic N) is 2. The quantitative estimate of drug-likeness (QED) is 0.748. The third kappa shape index (κ3) is 5.05. The Bertz CT molecular complexity index is 704. The van der Waals surface area contributed by atoms with Crippen LogP contribution in [0.15, 0.2) is 29.2 Å². The Kier molecular flexibility index (Phi) is 6.32. The highest BCUT2D eigenvalue weighted by Crippen LogP contribution is 2.16. The largest absolute Gasteiger partial charge is 0.377 e. The Morgan fingerprint density at radius 1 is 1.15 bits per heavy atom. The first-order chi connectivity index (χ1) is 12.4. The van der Waals surface area contributed by atoms with E-state index >= 15 is 0 Å². The molecule has 1 unspecified atom stereocenters. The summed E-state index contributed by atoms with van der Waals surface area (Å²) in [5.74, 6) is -0.206. The molecule has 0 aliphatic carbocycles. The predicted octanol–water partition coefficient (Wildman–Crippen LogP) is 1.48. The minimum Gasteiger partial charge on any atom is -0.377 e. The van der Waals surface area contributed by atoms with Crippen molar-refractivity contribution in [2.75, 3.05) is 45.1 Å². The van der Waals surface area contributed by atoms with Crippen LogP contribution in [0.2, 0.25) is 0 Å². The van der Waals surface area contributed by atoms with Crippen molar-refractivity contribution < 1.29 is 17.9 Å². The van der Waals surface area contributed by atoms with Gasteiger partial charge in [-0.25, -0.2) is 8.42 Å². The molecule has 1 atom stereocenters. The van der Waals surface area contributed by atoms with Crippen LogP contribution < -0.4 is 0 Å². The van der Waals surface area contributed by atoms with Crippen molar-refractivity contribution in [2.24, 2.45) is 0 Å². The molecule has 2 fully saturated rings. The number of benzene rings is 1. The van der Waals surface area contributed by atoms with E-state index in [0.29, 0.717) is 19.2 Å². The number of amides is 1. The fourth-order valence-corrected chi connectivity index (χ4v) is 4.73. The molecule has 3 rings (SSSR count). The summed E-state index contributed by atoms with van der Waals surface area (Å²) >= 11 is 0. The third-order valence-corrected chi connectivity index (χ3v) is 6.91. The molecule has 0 saturated carbocycles. The minimum absolute atomic E-state index is 0.0436. The van der Waals surface area contributed by atoms with Crippen molar-refractivity contribution in [3.8, 4) is 0 Å². The summed E-state index contributed by atoms with van der Waals surface area (Å²) in [5.41, 5.74) is 1.01. The van der Waals surface area contributed by atoms with Crippen LogP contribution >= 0.6 is 0 Å². The average Bonchev–Trinajstić information content (AvgIpc) is 3.14. The number of hydrogen-bond acceptors (Lipinski definition) is 5. The Morgan fingerprint density at radius 3 is 2.46 bits per heavy atom. The summed E-state index contributed by atoms with van der Waals surface area (Å²) < 4.78 is 30.4. The van der Waals surface area contributed by atoms with E-state index in [9.17, 15) is 13.2 Å². The molecule has 1 aromatic rings. The first kappa shape index (κ1) is 19.3. The lowest BCUT2D eigenvalue weighted by Gasteiger charge is -2.35. The first-order valence-electron chi connectivity index (χ1n) is 9.35. The molecule has 1 aromatic carbocycles. The van der Waals surface area contributed by atoms with Gasteiger partial charge >= 0.3 is 0 Å². The molecule has 0 N–H and O–H groups in total. The lowest BCUT2D eigenvalue weighted by molar-refractivity contribution is -0.132. The molecule has 2 aliphatic heterocycles. The number of ether oxygens (including phenoxy) is 1. The smallest absolute Gasteiger partial charge is 0.223 e. The second-order valence-corrected chi connectivity index (χ2v) is 9.31. The maximum atomic E-state index is 12.4. The molecular weight excluding hydrogens is 352 g/mol. The van der Waals surface area contributed by atoms with Gasteiger partial charge in [0.05, 0.1) is 16.8 Å². The molecule has 0 aromatic heterocycles. The minimum atomic E-state index is -3.41. The number of aryl methyl sites for hydroxylation is 1. The van der Waals surface area contributed by atoms with E-state index in [-0.39, 0.29) is 23.0 Å². The molecule has 0 bridgehead atoms. The number of rotatable bonds is 6. The van der Waals surface area contributed by atoms with Crippen LogP contribution in [0, 0.1) is 6.92 Å². The predicted molar refractivity (Wildman–Crippen MR) is 99.8 cm³/mol. The molecule has 2 aliphatic rings. The number of piperazine rings is 1. The van der Waals surface area contributed by atoms with Crippen LogP contribution in [0.4, 0.5) is 0 Å². The third-order valence-electron chi connectivity index (χ3n) is 5.18. The van der Waals surface area contributed by atoms with Gasteiger partial charge in [-0.2, -0.15) is 0 Å². The maximum absolute atomic E-state index is 12.4. The Labute approximate surface area is 156 Å². The number of carbonyl (C=O) groups is 1. The van der Waals surface area contributed by atoms with Crippen molar-refractivity contribution in [2.45, 2.75) is 37.2 Å². The molecule has 6 nitrogen and oxygen atoms in total. The van der Waals surface area contributed by atoms with Gasteiger partial charge in [0.15, 0.2) is 9.84 Å². The monoisotopic (exact) mass is 380 g/mol. The molecule has 2 heterocycles. The molecule has 2 saturated heterocycles. The number of sulfone groups is 1. The highest BCUT2D eigenvalue weighted by atomic mass is 32.2. The molecule has 0 spiro atoms. The van der Waals surface area contributed by atoms with E-state index < -0.39 is 9.84 Å². The van der Waals surface area contributed by atoms with Crippen LogP contribution in [0.5, 0.6) is 0 Å². The van der Waals surface area contributed by atoms with Gasteiger partial charge in [0, 0.05) is 45.8 Å². The zero-order chi connectivity index (χ0) is 18.6. The summed E-state index contributed by atoms with van der Waals surface area (Å²) in [6, 6.07) is 6.78. The average molecular weight is 381 g/mol. The van der Waals surface area contributed by atoms with Crippen LogP contribution in [0.25, 0.3) is 0 Å². The van der Waals surface area contributed by atoms with Gasteiger partial charge in [0.25, 0.3) is 0 Å². The zero-order valence-corrected chi connectivity index (χ0v) is 16.2. The Balaban J connectivity index is 1.44. The summed E-state index contributed by atoms with van der Waals surface area (Å²) in [6.07, 6.45) is 2.63. The molecule has 26 heavy (non-hydrogen) atoms. The van der Waals surface area contributed by atoms with E-state index in [1.165, 1.54) is 0 Å². The van der Waals surface area contributed by atoms with Crippen LogP contribution in [0.1, 0.15) is 24.8 Å². The normalized spacial score (nSPS) is 21.9. The first-order valence-corrected chi connectivity index (χ1v) is 11.0. The second kappa shape index (κ2) is 8.50. The highest BCUT2D eigenvalue weighted by Gasteiger charge is 2.26. The zero-order valence-electron chi connectivity index (χ0n) is 15.4. The molecule has 7 heteroatoms. The van der Waals surface area contributed by atoms with E-state index in [4.69, 9.17) is 4.74 Å². The van der Waals surface area contributed by atoms with Crippen molar-refractivity contribution in [3.05, 3.63) is 29.8 Å². The van der Waals surface area contributed by atoms with Crippen LogP contribution in [-0.4, -0.2) is 75.3 Å². The Morgan fingerprint density at radius 2 is 1.85 bits per heavy atom. The highest BCUT2D eigenvalue weighted by molar-refractivity contribution is 7.91. The van der Waals surface area contributed by atoms with Crippen molar-refractivity contribution in [1.29, 1.82) is 0 Å². The van der Waals surface area contributed by atoms with Gasteiger partial charge in [-0.3, -0.25) is 9.69 Å². The standard InChI is InChI=1S/C19H28N2O4S/c1-16-4-6-18(7-5-16)26(23,24)14-8-19(22)21-11-9-20(10-12-21)15-17-3-2-13-25-17/h4-7,17H,2-3,8-15H2,1H3. The Hall–Kier alpha value is -1.44. The van der Waals surface area contributed by atoms with Gasteiger partial charge < -0.3 is 9.64 Å². The van der Waals surface area contributed by atoms with E-state index in [1.807, 2.05) is 6.92 Å². The summed E-state index contributed by atoms with van der Waals surface area (Å²) in [4.78, 5) is 16.8. The van der Waals surface area contributed by atoms with Gasteiger partial charge in [0.2, 0.25) is 5.91 Å². The SMILES string of the molecule is Cc1ccc(S(=O)(=O)CCC(=O)N2CCN(CC3CCCO3)CC2)cc1. The fourth-order valence-electron chi connectivity index (χ4n) is 3.50. The second-order valence-electron chi connectivity index (χ2n) is 7.20. The molecule has 0 radical (unpaired) electrons. The molecule has 144 valence electrons. The van der Waals surface area contributed by atoms with E-state index in [1.54, 1.807) is 29.2 Å². The van der Waals surface area contributed by atoms with Gasteiger partial charge in [0.1, 0.15) is 0 Å². The summed E-state index contributed by atoms with van der Waals surface area (Å²) in [5, 5.41) is 0. The molecule has 1 amide bonds. The summed E-state index contributed by atoms with van der Waals surface area (Å²) in [7, 11) is -3.41. The van der Waals surface area contributed by atoms with Gasteiger partial charge in [-0.15, -0.1) is 0 Å². The number of carbonyl (C=O) groups excluding carboxylic acids is 1. The van der Waals surface area contributed by atoms with Gasteiger partial charge in [-0.1, -0.05) is 17.7 Å². The van der Waals surface area contributed by atoms with Crippen LogP contribution in [0.3, 0.4) is 0 Å². The maximum Gasteiger partial charge on any atom is 0.223 e. The van der Waals surface area contributed by atoms with E-state index in [2.05, 4.69) is 4.90 Å². The topological polar surface area (TPSA) is 66.9 Å². The van der Waals surface area contributed by atoms with Crippen molar-refractivity contribution in [3.63, 3.8) is 0 Å². The lowest BCUT2D eigenvalue weighted by Crippen LogP contribution is -2.50. The van der Waals surface area contributed by atoms with Crippen molar-refractivity contribution in [1.82, 2.24) is 9.80 Å². The van der Waals surface area contributed by atoms with Crippen LogP contribution in [-0.2, 0) is 19.4 Å². The molecular formula is C19H28N2O4S. The van der Waals surface area contributed by atoms with Gasteiger partial charge in [-0.05, 0) is 31.9 Å². The van der Waals surface area contributed by atoms with E-state index in [0.717, 1.165) is 44.6 Å². The number of hydrogen-bond donors (Lipinski definition) is 0. The lowest BCUT2D eigenvalue weighted by atomic mass is 10.2. The van der Waals surface area contributed by atoms with Crippen molar-refractivity contribution >= 4 is 15.7 Å². The summed E-state index contributed by atoms with van der Waals surface area (Å²) in [6.45, 7) is 6.69.